The molecular weight excluding hydrogens is 396 g/mol. The van der Waals surface area contributed by atoms with Crippen LogP contribution in [0, 0.1) is 0 Å². The number of methoxy groups -OCH3 is 2. The highest BCUT2D eigenvalue weighted by Gasteiger charge is 2.29. The van der Waals surface area contributed by atoms with E-state index < -0.39 is 11.1 Å². The largest absolute Gasteiger partial charge is 0.493 e. The number of thioether (sulfide) groups is 1. The molecule has 4 N–H and O–H groups in total. The molecule has 1 aromatic carbocycles. The van der Waals surface area contributed by atoms with Gasteiger partial charge in [-0.1, -0.05) is 0 Å². The van der Waals surface area contributed by atoms with Crippen LogP contribution in [0.1, 0.15) is 18.4 Å². The summed E-state index contributed by atoms with van der Waals surface area (Å²) in [6.45, 7) is 1.64. The summed E-state index contributed by atoms with van der Waals surface area (Å²) in [6, 6.07) is 3.63. The van der Waals surface area contributed by atoms with Gasteiger partial charge < -0.3 is 25.4 Å². The molecule has 0 radical (unpaired) electrons. The maximum atomic E-state index is 12.0. The molecule has 2 aliphatic heterocycles. The van der Waals surface area contributed by atoms with Gasteiger partial charge in [0.25, 0.3) is 11.1 Å². The molecule has 10 heteroatoms. The quantitative estimate of drug-likeness (QED) is 0.560. The minimum absolute atomic E-state index is 0.00776. The molecule has 0 aromatic heterocycles. The van der Waals surface area contributed by atoms with E-state index in [-0.39, 0.29) is 11.9 Å². The van der Waals surface area contributed by atoms with E-state index >= 15 is 0 Å². The van der Waals surface area contributed by atoms with Crippen molar-refractivity contribution >= 4 is 40.6 Å². The maximum absolute atomic E-state index is 12.0. The van der Waals surface area contributed by atoms with Crippen LogP contribution in [-0.4, -0.2) is 56.9 Å². The van der Waals surface area contributed by atoms with Gasteiger partial charge in [0.15, 0.2) is 11.5 Å². The third-order valence-corrected chi connectivity index (χ3v) is 5.54. The fourth-order valence-electron chi connectivity index (χ4n) is 3.36. The van der Waals surface area contributed by atoms with E-state index in [1.807, 2.05) is 6.07 Å². The summed E-state index contributed by atoms with van der Waals surface area (Å²) >= 11 is 0.860. The van der Waals surface area contributed by atoms with Gasteiger partial charge in [0, 0.05) is 49.4 Å². The standard InChI is InChI=1S/C19H24N4O5S/c1-27-14-7-11(8-16-18(25)22-19(26)29-16)13(9-15(14)28-2)23-6-4-12(10-23)21-17(24)3-5-20/h7-9,12H,3-6,10,20H2,1-2H3,(H,21,24)(H,22,25,26)/b16-8-/t12-/m0/s1. The second-order valence-corrected chi connectivity index (χ2v) is 7.67. The van der Waals surface area contributed by atoms with E-state index in [1.54, 1.807) is 19.3 Å². The van der Waals surface area contributed by atoms with Gasteiger partial charge in [-0.2, -0.15) is 0 Å². The van der Waals surface area contributed by atoms with Gasteiger partial charge in [-0.25, -0.2) is 0 Å². The van der Waals surface area contributed by atoms with Crippen molar-refractivity contribution < 1.29 is 23.9 Å². The summed E-state index contributed by atoms with van der Waals surface area (Å²) in [5, 5.41) is 4.85. The summed E-state index contributed by atoms with van der Waals surface area (Å²) < 4.78 is 10.8. The van der Waals surface area contributed by atoms with Crippen molar-refractivity contribution in [3.8, 4) is 11.5 Å². The van der Waals surface area contributed by atoms with Crippen molar-refractivity contribution in [2.75, 3.05) is 38.8 Å². The molecule has 2 heterocycles. The van der Waals surface area contributed by atoms with E-state index in [9.17, 15) is 14.4 Å². The third-order valence-electron chi connectivity index (χ3n) is 4.73. The normalized spacial score (nSPS) is 20.2. The second kappa shape index (κ2) is 9.19. The Hall–Kier alpha value is -2.72. The Bertz CT molecular complexity index is 857. The van der Waals surface area contributed by atoms with Gasteiger partial charge in [-0.15, -0.1) is 0 Å². The molecular formula is C19H24N4O5S. The summed E-state index contributed by atoms with van der Waals surface area (Å²) in [4.78, 5) is 37.8. The molecule has 9 nitrogen and oxygen atoms in total. The Morgan fingerprint density at radius 2 is 2.07 bits per heavy atom. The average molecular weight is 420 g/mol. The van der Waals surface area contributed by atoms with Crippen LogP contribution >= 0.6 is 11.8 Å². The van der Waals surface area contributed by atoms with Crippen molar-refractivity contribution in [3.63, 3.8) is 0 Å². The van der Waals surface area contributed by atoms with Crippen LogP contribution in [0.4, 0.5) is 10.5 Å². The van der Waals surface area contributed by atoms with E-state index in [1.165, 1.54) is 7.11 Å². The number of benzene rings is 1. The van der Waals surface area contributed by atoms with E-state index in [2.05, 4.69) is 15.5 Å². The monoisotopic (exact) mass is 420 g/mol. The number of hydrogen-bond donors (Lipinski definition) is 3. The molecule has 2 fully saturated rings. The van der Waals surface area contributed by atoms with Crippen molar-refractivity contribution in [2.24, 2.45) is 5.73 Å². The Kier molecular flexibility index (Phi) is 6.65. The molecule has 0 aliphatic carbocycles. The Labute approximate surface area is 173 Å². The van der Waals surface area contributed by atoms with Crippen molar-refractivity contribution in [2.45, 2.75) is 18.9 Å². The Morgan fingerprint density at radius 1 is 1.34 bits per heavy atom. The van der Waals surface area contributed by atoms with Crippen molar-refractivity contribution in [1.82, 2.24) is 10.6 Å². The molecule has 3 amide bonds. The zero-order valence-corrected chi connectivity index (χ0v) is 17.1. The van der Waals surface area contributed by atoms with Gasteiger partial charge in [0.2, 0.25) is 5.91 Å². The lowest BCUT2D eigenvalue weighted by Gasteiger charge is -2.23. The van der Waals surface area contributed by atoms with Crippen LogP contribution in [0.15, 0.2) is 17.0 Å². The zero-order chi connectivity index (χ0) is 21.0. The van der Waals surface area contributed by atoms with Gasteiger partial charge >= 0.3 is 0 Å². The highest BCUT2D eigenvalue weighted by Crippen LogP contribution is 2.39. The van der Waals surface area contributed by atoms with Crippen molar-refractivity contribution in [3.05, 3.63) is 22.6 Å². The van der Waals surface area contributed by atoms with Crippen LogP contribution in [0.25, 0.3) is 6.08 Å². The number of hydrogen-bond acceptors (Lipinski definition) is 8. The molecule has 0 unspecified atom stereocenters. The number of amides is 3. The first-order chi connectivity index (χ1) is 13.9. The molecule has 0 saturated carbocycles. The number of nitrogens with two attached hydrogens (primary N) is 1. The van der Waals surface area contributed by atoms with Gasteiger partial charge in [0.1, 0.15) is 0 Å². The number of rotatable bonds is 7. The number of ether oxygens (including phenoxy) is 2. The van der Waals surface area contributed by atoms with Crippen molar-refractivity contribution in [1.29, 1.82) is 0 Å². The molecule has 156 valence electrons. The summed E-state index contributed by atoms with van der Waals surface area (Å²) in [5.41, 5.74) is 7.00. The fraction of sp³-hybridized carbons (Fsp3) is 0.421. The van der Waals surface area contributed by atoms with Crippen LogP contribution in [0.2, 0.25) is 0 Å². The summed E-state index contributed by atoms with van der Waals surface area (Å²) in [5.74, 6) is 0.588. The first kappa shape index (κ1) is 21.0. The van der Waals surface area contributed by atoms with Crippen LogP contribution in [0.3, 0.4) is 0 Å². The summed E-state index contributed by atoms with van der Waals surface area (Å²) in [6.07, 6.45) is 2.75. The maximum Gasteiger partial charge on any atom is 0.290 e. The molecule has 1 aromatic rings. The lowest BCUT2D eigenvalue weighted by molar-refractivity contribution is -0.121. The first-order valence-electron chi connectivity index (χ1n) is 9.20. The second-order valence-electron chi connectivity index (χ2n) is 6.66. The SMILES string of the molecule is COc1cc(/C=C2\SC(=O)NC2=O)c(N2CC[C@H](NC(=O)CCN)C2)cc1OC. The Balaban J connectivity index is 1.91. The lowest BCUT2D eigenvalue weighted by Crippen LogP contribution is -2.37. The number of carbonyl (C=O) groups is 3. The van der Waals surface area contributed by atoms with E-state index in [4.69, 9.17) is 15.2 Å². The zero-order valence-electron chi connectivity index (χ0n) is 16.3. The van der Waals surface area contributed by atoms with E-state index in [0.717, 1.165) is 36.0 Å². The lowest BCUT2D eigenvalue weighted by atomic mass is 10.1. The average Bonchev–Trinajstić information content (AvgIpc) is 3.27. The van der Waals surface area contributed by atoms with Gasteiger partial charge in [0.05, 0.1) is 19.1 Å². The molecule has 3 rings (SSSR count). The smallest absolute Gasteiger partial charge is 0.290 e. The van der Waals surface area contributed by atoms with Crippen LogP contribution < -0.4 is 30.7 Å². The predicted molar refractivity (Wildman–Crippen MR) is 111 cm³/mol. The van der Waals surface area contributed by atoms with E-state index in [0.29, 0.717) is 35.9 Å². The third kappa shape index (κ3) is 4.83. The first-order valence-corrected chi connectivity index (χ1v) is 10.0. The highest BCUT2D eigenvalue weighted by molar-refractivity contribution is 8.18. The molecule has 2 aliphatic rings. The molecule has 0 spiro atoms. The summed E-state index contributed by atoms with van der Waals surface area (Å²) in [7, 11) is 3.09. The van der Waals surface area contributed by atoms with Crippen LogP contribution in [-0.2, 0) is 9.59 Å². The highest BCUT2D eigenvalue weighted by atomic mass is 32.2. The molecule has 29 heavy (non-hydrogen) atoms. The number of imide groups is 1. The number of anilines is 1. The number of nitrogens with one attached hydrogen (secondary N) is 2. The minimum Gasteiger partial charge on any atom is -0.493 e. The minimum atomic E-state index is -0.422. The number of carbonyl (C=O) groups excluding carboxylic acids is 3. The Morgan fingerprint density at radius 3 is 2.69 bits per heavy atom. The number of nitrogens with zero attached hydrogens (tertiary/aromatic N) is 1. The molecule has 1 atom stereocenters. The van der Waals surface area contributed by atoms with Gasteiger partial charge in [-0.3, -0.25) is 19.7 Å². The molecule has 2 saturated heterocycles. The molecule has 0 bridgehead atoms. The topological polar surface area (TPSA) is 123 Å². The fourth-order valence-corrected chi connectivity index (χ4v) is 4.04. The van der Waals surface area contributed by atoms with Gasteiger partial charge in [-0.05, 0) is 30.3 Å². The predicted octanol–water partition coefficient (Wildman–Crippen LogP) is 1.07. The van der Waals surface area contributed by atoms with Crippen LogP contribution in [0.5, 0.6) is 11.5 Å².